The minimum atomic E-state index is -0.524. The van der Waals surface area contributed by atoms with Crippen molar-refractivity contribution in [3.63, 3.8) is 0 Å². The largest absolute Gasteiger partial charge is 0.494 e. The van der Waals surface area contributed by atoms with Crippen LogP contribution in [0.25, 0.3) is 0 Å². The van der Waals surface area contributed by atoms with Crippen LogP contribution in [0, 0.1) is 5.82 Å². The van der Waals surface area contributed by atoms with Crippen molar-refractivity contribution in [2.45, 2.75) is 26.4 Å². The number of imide groups is 1. The van der Waals surface area contributed by atoms with Gasteiger partial charge in [0.1, 0.15) is 0 Å². The number of likely N-dealkylation sites (N-methyl/N-ethyl adjacent to an activating group) is 1. The molecule has 122 valence electrons. The number of carbonyl (C=O) groups is 2. The summed E-state index contributed by atoms with van der Waals surface area (Å²) in [5.41, 5.74) is 0.709. The Morgan fingerprint density at radius 2 is 2.05 bits per heavy atom. The van der Waals surface area contributed by atoms with Gasteiger partial charge in [-0.3, -0.25) is 15.0 Å². The number of benzene rings is 1. The molecule has 0 aliphatic rings. The lowest BCUT2D eigenvalue weighted by Crippen LogP contribution is -2.45. The Morgan fingerprint density at radius 1 is 1.36 bits per heavy atom. The lowest BCUT2D eigenvalue weighted by Gasteiger charge is -2.17. The predicted molar refractivity (Wildman–Crippen MR) is 81.1 cm³/mol. The Hall–Kier alpha value is -2.15. The highest BCUT2D eigenvalue weighted by Gasteiger charge is 2.12. The molecule has 7 heteroatoms. The third kappa shape index (κ3) is 6.09. The van der Waals surface area contributed by atoms with E-state index >= 15 is 0 Å². The van der Waals surface area contributed by atoms with Gasteiger partial charge in [-0.25, -0.2) is 9.18 Å². The van der Waals surface area contributed by atoms with Crippen LogP contribution >= 0.6 is 0 Å². The zero-order valence-corrected chi connectivity index (χ0v) is 13.3. The molecule has 0 bridgehead atoms. The van der Waals surface area contributed by atoms with Gasteiger partial charge in [0.15, 0.2) is 11.6 Å². The number of nitrogens with zero attached hydrogens (tertiary/aromatic N) is 1. The van der Waals surface area contributed by atoms with Gasteiger partial charge in [-0.1, -0.05) is 6.07 Å². The summed E-state index contributed by atoms with van der Waals surface area (Å²) in [6.07, 6.45) is 0. The standard InChI is InChI=1S/C15H22FN3O3/c1-10(2)17-15(21)18-14(20)9-19(3)8-11-5-6-13(22-4)12(16)7-11/h5-7,10H,8-9H2,1-4H3,(H2,17,18,20,21). The van der Waals surface area contributed by atoms with Gasteiger partial charge in [0, 0.05) is 12.6 Å². The van der Waals surface area contributed by atoms with Crippen LogP contribution in [0.2, 0.25) is 0 Å². The fraction of sp³-hybridized carbons (Fsp3) is 0.467. The van der Waals surface area contributed by atoms with Gasteiger partial charge in [0.2, 0.25) is 5.91 Å². The minimum Gasteiger partial charge on any atom is -0.494 e. The van der Waals surface area contributed by atoms with E-state index in [1.807, 2.05) is 0 Å². The molecule has 0 unspecified atom stereocenters. The van der Waals surface area contributed by atoms with Crippen LogP contribution in [0.1, 0.15) is 19.4 Å². The normalized spacial score (nSPS) is 10.7. The molecule has 0 aromatic heterocycles. The first kappa shape index (κ1) is 17.9. The van der Waals surface area contributed by atoms with Crippen molar-refractivity contribution < 1.29 is 18.7 Å². The highest BCUT2D eigenvalue weighted by Crippen LogP contribution is 2.18. The van der Waals surface area contributed by atoms with Crippen molar-refractivity contribution in [1.82, 2.24) is 15.5 Å². The predicted octanol–water partition coefficient (Wildman–Crippen LogP) is 1.50. The first-order chi connectivity index (χ1) is 10.3. The Kier molecular flexibility index (Phi) is 6.78. The van der Waals surface area contributed by atoms with Gasteiger partial charge in [-0.2, -0.15) is 0 Å². The molecule has 0 spiro atoms. The molecule has 0 atom stereocenters. The zero-order valence-electron chi connectivity index (χ0n) is 13.3. The van der Waals surface area contributed by atoms with E-state index in [4.69, 9.17) is 4.74 Å². The first-order valence-corrected chi connectivity index (χ1v) is 6.93. The number of ether oxygens (including phenoxy) is 1. The number of hydrogen-bond acceptors (Lipinski definition) is 4. The molecular weight excluding hydrogens is 289 g/mol. The zero-order chi connectivity index (χ0) is 16.7. The van der Waals surface area contributed by atoms with Crippen molar-refractivity contribution in [3.8, 4) is 5.75 Å². The lowest BCUT2D eigenvalue weighted by atomic mass is 10.2. The molecule has 1 aromatic rings. The van der Waals surface area contributed by atoms with Crippen LogP contribution in [-0.4, -0.2) is 43.6 Å². The fourth-order valence-corrected chi connectivity index (χ4v) is 1.89. The maximum atomic E-state index is 13.6. The SMILES string of the molecule is COc1ccc(CN(C)CC(=O)NC(=O)NC(C)C)cc1F. The summed E-state index contributed by atoms with van der Waals surface area (Å²) in [7, 11) is 3.11. The summed E-state index contributed by atoms with van der Waals surface area (Å²) in [6, 6.07) is 4.05. The average molecular weight is 311 g/mol. The lowest BCUT2D eigenvalue weighted by molar-refractivity contribution is -0.120. The topological polar surface area (TPSA) is 70.7 Å². The third-order valence-electron chi connectivity index (χ3n) is 2.75. The van der Waals surface area contributed by atoms with E-state index in [0.29, 0.717) is 12.1 Å². The molecule has 0 heterocycles. The van der Waals surface area contributed by atoms with Crippen LogP contribution < -0.4 is 15.4 Å². The summed E-state index contributed by atoms with van der Waals surface area (Å²) in [5, 5.41) is 4.80. The smallest absolute Gasteiger partial charge is 0.321 e. The number of hydrogen-bond donors (Lipinski definition) is 2. The van der Waals surface area contributed by atoms with Gasteiger partial charge in [-0.15, -0.1) is 0 Å². The highest BCUT2D eigenvalue weighted by atomic mass is 19.1. The molecule has 22 heavy (non-hydrogen) atoms. The maximum Gasteiger partial charge on any atom is 0.321 e. The van der Waals surface area contributed by atoms with E-state index in [2.05, 4.69) is 10.6 Å². The molecular formula is C15H22FN3O3. The van der Waals surface area contributed by atoms with Crippen LogP contribution in [-0.2, 0) is 11.3 Å². The highest BCUT2D eigenvalue weighted by molar-refractivity contribution is 5.95. The van der Waals surface area contributed by atoms with Crippen molar-refractivity contribution in [2.24, 2.45) is 0 Å². The maximum absolute atomic E-state index is 13.6. The number of halogens is 1. The molecule has 0 aliphatic carbocycles. The van der Waals surface area contributed by atoms with Gasteiger partial charge >= 0.3 is 6.03 Å². The van der Waals surface area contributed by atoms with E-state index in [-0.39, 0.29) is 18.3 Å². The van der Waals surface area contributed by atoms with Crippen molar-refractivity contribution in [3.05, 3.63) is 29.6 Å². The summed E-state index contributed by atoms with van der Waals surface area (Å²) in [5.74, 6) is -0.696. The Balaban J connectivity index is 2.48. The number of nitrogens with one attached hydrogen (secondary N) is 2. The second-order valence-corrected chi connectivity index (χ2v) is 5.32. The Bertz CT molecular complexity index is 535. The van der Waals surface area contributed by atoms with E-state index in [1.165, 1.54) is 19.2 Å². The van der Waals surface area contributed by atoms with Crippen LogP contribution in [0.3, 0.4) is 0 Å². The molecule has 1 rings (SSSR count). The number of urea groups is 1. The fourth-order valence-electron chi connectivity index (χ4n) is 1.89. The molecule has 3 amide bonds. The van der Waals surface area contributed by atoms with Crippen molar-refractivity contribution >= 4 is 11.9 Å². The Morgan fingerprint density at radius 3 is 2.59 bits per heavy atom. The summed E-state index contributed by atoms with van der Waals surface area (Å²) < 4.78 is 18.4. The van der Waals surface area contributed by atoms with E-state index in [9.17, 15) is 14.0 Å². The first-order valence-electron chi connectivity index (χ1n) is 6.93. The molecule has 0 aliphatic heterocycles. The molecule has 0 saturated heterocycles. The number of rotatable bonds is 6. The van der Waals surface area contributed by atoms with Gasteiger partial charge in [-0.05, 0) is 38.6 Å². The minimum absolute atomic E-state index is 0.0269. The molecule has 0 saturated carbocycles. The van der Waals surface area contributed by atoms with Gasteiger partial charge in [0.05, 0.1) is 13.7 Å². The van der Waals surface area contributed by atoms with Crippen molar-refractivity contribution in [1.29, 1.82) is 0 Å². The van der Waals surface area contributed by atoms with E-state index in [0.717, 1.165) is 0 Å². The van der Waals surface area contributed by atoms with Crippen molar-refractivity contribution in [2.75, 3.05) is 20.7 Å². The quantitative estimate of drug-likeness (QED) is 0.835. The second kappa shape index (κ2) is 8.33. The molecule has 1 aromatic carbocycles. The van der Waals surface area contributed by atoms with Crippen LogP contribution in [0.5, 0.6) is 5.75 Å². The van der Waals surface area contributed by atoms with Gasteiger partial charge < -0.3 is 10.1 Å². The van der Waals surface area contributed by atoms with E-state index < -0.39 is 17.8 Å². The summed E-state index contributed by atoms with van der Waals surface area (Å²) >= 11 is 0. The number of amides is 3. The molecule has 0 radical (unpaired) electrons. The molecule has 0 fully saturated rings. The average Bonchev–Trinajstić information content (AvgIpc) is 2.37. The monoisotopic (exact) mass is 311 g/mol. The second-order valence-electron chi connectivity index (χ2n) is 5.32. The van der Waals surface area contributed by atoms with E-state index in [1.54, 1.807) is 31.9 Å². The van der Waals surface area contributed by atoms with Crippen LogP contribution in [0.4, 0.5) is 9.18 Å². The van der Waals surface area contributed by atoms with Gasteiger partial charge in [0.25, 0.3) is 0 Å². The molecule has 2 N–H and O–H groups in total. The third-order valence-corrected chi connectivity index (χ3v) is 2.75. The summed E-state index contributed by atoms with van der Waals surface area (Å²) in [4.78, 5) is 24.8. The summed E-state index contributed by atoms with van der Waals surface area (Å²) in [6.45, 7) is 4.00. The Labute approximate surface area is 129 Å². The number of methoxy groups -OCH3 is 1. The number of carbonyl (C=O) groups excluding carboxylic acids is 2. The molecule has 6 nitrogen and oxygen atoms in total. The van der Waals surface area contributed by atoms with Crippen LogP contribution in [0.15, 0.2) is 18.2 Å².